The van der Waals surface area contributed by atoms with Gasteiger partial charge in [0.1, 0.15) is 5.01 Å². The van der Waals surface area contributed by atoms with Crippen LogP contribution in [0, 0.1) is 0 Å². The molecule has 1 aromatic heterocycles. The lowest BCUT2D eigenvalue weighted by Gasteiger charge is -2.05. The Hall–Kier alpha value is -1.05. The van der Waals surface area contributed by atoms with Gasteiger partial charge in [-0.05, 0) is 36.9 Å². The van der Waals surface area contributed by atoms with Crippen molar-refractivity contribution in [3.8, 4) is 10.6 Å². The normalized spacial score (nSPS) is 11.8. The fourth-order valence-electron chi connectivity index (χ4n) is 1.71. The minimum atomic E-state index is -4.25. The highest BCUT2D eigenvalue weighted by Gasteiger charge is 2.29. The van der Waals surface area contributed by atoms with Gasteiger partial charge >= 0.3 is 5.51 Å². The van der Waals surface area contributed by atoms with Crippen LogP contribution in [0.25, 0.3) is 10.6 Å². The highest BCUT2D eigenvalue weighted by atomic mass is 32.2. The number of nitrogens with zero attached hydrogens (tertiary/aromatic N) is 1. The summed E-state index contributed by atoms with van der Waals surface area (Å²) >= 11 is 1.45. The van der Waals surface area contributed by atoms with Crippen molar-refractivity contribution in [2.45, 2.75) is 30.3 Å². The van der Waals surface area contributed by atoms with E-state index in [9.17, 15) is 13.2 Å². The van der Waals surface area contributed by atoms with Crippen molar-refractivity contribution in [1.29, 1.82) is 0 Å². The van der Waals surface area contributed by atoms with E-state index in [0.717, 1.165) is 35.0 Å². The van der Waals surface area contributed by atoms with E-state index in [1.54, 1.807) is 29.7 Å². The summed E-state index contributed by atoms with van der Waals surface area (Å²) in [5.41, 5.74) is -3.41. The molecule has 0 spiro atoms. The van der Waals surface area contributed by atoms with Gasteiger partial charge in [0, 0.05) is 28.1 Å². The fraction of sp³-hybridized carbons (Fsp3) is 0.357. The van der Waals surface area contributed by atoms with E-state index in [4.69, 9.17) is 0 Å². The van der Waals surface area contributed by atoms with Crippen molar-refractivity contribution in [1.82, 2.24) is 10.3 Å². The van der Waals surface area contributed by atoms with Gasteiger partial charge in [-0.15, -0.1) is 11.3 Å². The third-order valence-electron chi connectivity index (χ3n) is 2.61. The molecule has 7 heteroatoms. The van der Waals surface area contributed by atoms with Gasteiger partial charge in [0.2, 0.25) is 0 Å². The number of thiazole rings is 1. The molecule has 0 amide bonds. The number of thioether (sulfide) groups is 1. The Morgan fingerprint density at radius 1 is 1.24 bits per heavy atom. The molecule has 0 unspecified atom stereocenters. The van der Waals surface area contributed by atoms with Gasteiger partial charge in [-0.2, -0.15) is 13.2 Å². The van der Waals surface area contributed by atoms with E-state index in [1.807, 2.05) is 0 Å². The number of halogens is 3. The quantitative estimate of drug-likeness (QED) is 0.600. The molecule has 2 rings (SSSR count). The minimum Gasteiger partial charge on any atom is -0.312 e. The number of alkyl halides is 3. The summed E-state index contributed by atoms with van der Waals surface area (Å²) in [6, 6.07) is 6.31. The van der Waals surface area contributed by atoms with Crippen molar-refractivity contribution >= 4 is 23.1 Å². The molecule has 0 atom stereocenters. The second-order valence-corrected chi connectivity index (χ2v) is 6.63. The van der Waals surface area contributed by atoms with E-state index >= 15 is 0 Å². The first-order chi connectivity index (χ1) is 9.98. The van der Waals surface area contributed by atoms with Gasteiger partial charge in [0.15, 0.2) is 0 Å². The van der Waals surface area contributed by atoms with Gasteiger partial charge in [-0.25, -0.2) is 4.98 Å². The van der Waals surface area contributed by atoms with Crippen LogP contribution in [0.5, 0.6) is 0 Å². The average Bonchev–Trinajstić information content (AvgIpc) is 2.87. The Labute approximate surface area is 129 Å². The van der Waals surface area contributed by atoms with Gasteiger partial charge in [0.05, 0.1) is 0 Å². The molecule has 1 heterocycles. The molecule has 2 aromatic rings. The van der Waals surface area contributed by atoms with Crippen LogP contribution in [-0.4, -0.2) is 17.0 Å². The molecule has 1 N–H and O–H groups in total. The maximum atomic E-state index is 12.3. The third kappa shape index (κ3) is 5.33. The summed E-state index contributed by atoms with van der Waals surface area (Å²) in [4.78, 5) is 5.62. The van der Waals surface area contributed by atoms with E-state index in [-0.39, 0.29) is 16.7 Å². The molecule has 114 valence electrons. The van der Waals surface area contributed by atoms with Crippen molar-refractivity contribution in [2.75, 3.05) is 6.54 Å². The Bertz CT molecular complexity index is 564. The minimum absolute atomic E-state index is 0.104. The Balaban J connectivity index is 2.02. The zero-order valence-corrected chi connectivity index (χ0v) is 13.0. The lowest BCUT2D eigenvalue weighted by atomic mass is 10.2. The number of hydrogen-bond donors (Lipinski definition) is 1. The number of rotatable bonds is 6. The maximum absolute atomic E-state index is 12.3. The summed E-state index contributed by atoms with van der Waals surface area (Å²) < 4.78 is 36.8. The molecule has 0 aliphatic heterocycles. The summed E-state index contributed by atoms with van der Waals surface area (Å²) in [5.74, 6) is 0. The number of nitrogens with one attached hydrogen (secondary N) is 1. The Morgan fingerprint density at radius 3 is 2.57 bits per heavy atom. The Morgan fingerprint density at radius 2 is 1.95 bits per heavy atom. The second kappa shape index (κ2) is 7.29. The van der Waals surface area contributed by atoms with Gasteiger partial charge in [-0.3, -0.25) is 0 Å². The topological polar surface area (TPSA) is 24.9 Å². The van der Waals surface area contributed by atoms with Crippen molar-refractivity contribution in [3.05, 3.63) is 35.3 Å². The van der Waals surface area contributed by atoms with Gasteiger partial charge < -0.3 is 5.32 Å². The highest BCUT2D eigenvalue weighted by molar-refractivity contribution is 8.00. The number of hydrogen-bond acceptors (Lipinski definition) is 4. The molecule has 0 fully saturated rings. The summed E-state index contributed by atoms with van der Waals surface area (Å²) in [6.07, 6.45) is 2.88. The molecule has 2 nitrogen and oxygen atoms in total. The zero-order valence-electron chi connectivity index (χ0n) is 11.4. The molecule has 0 aliphatic rings. The lowest BCUT2D eigenvalue weighted by Crippen LogP contribution is -2.12. The molecule has 0 aliphatic carbocycles. The van der Waals surface area contributed by atoms with Crippen LogP contribution in [0.3, 0.4) is 0 Å². The fourth-order valence-corrected chi connectivity index (χ4v) is 3.14. The molecule has 0 saturated heterocycles. The van der Waals surface area contributed by atoms with Crippen molar-refractivity contribution in [2.24, 2.45) is 0 Å². The van der Waals surface area contributed by atoms with E-state index in [0.29, 0.717) is 0 Å². The predicted molar refractivity (Wildman–Crippen MR) is 81.5 cm³/mol. The smallest absolute Gasteiger partial charge is 0.312 e. The Kier molecular flexibility index (Phi) is 5.66. The standard InChI is InChI=1S/C14H15F3N2S2/c1-2-7-18-8-12-9-19-13(20-12)10-3-5-11(6-4-10)21-14(15,16)17/h3-6,9,18H,2,7-8H2,1H3. The summed E-state index contributed by atoms with van der Waals surface area (Å²) in [7, 11) is 0. The largest absolute Gasteiger partial charge is 0.446 e. The monoisotopic (exact) mass is 332 g/mol. The average molecular weight is 332 g/mol. The van der Waals surface area contributed by atoms with Gasteiger partial charge in [-0.1, -0.05) is 19.1 Å². The number of benzene rings is 1. The molecular weight excluding hydrogens is 317 g/mol. The third-order valence-corrected chi connectivity index (χ3v) is 4.40. The molecule has 21 heavy (non-hydrogen) atoms. The van der Waals surface area contributed by atoms with Crippen molar-refractivity contribution in [3.63, 3.8) is 0 Å². The molecule has 0 radical (unpaired) electrons. The van der Waals surface area contributed by atoms with E-state index in [1.165, 1.54) is 12.1 Å². The summed E-state index contributed by atoms with van der Waals surface area (Å²) in [5, 5.41) is 4.12. The van der Waals surface area contributed by atoms with Crippen LogP contribution >= 0.6 is 23.1 Å². The van der Waals surface area contributed by atoms with E-state index < -0.39 is 5.51 Å². The first-order valence-electron chi connectivity index (χ1n) is 6.49. The maximum Gasteiger partial charge on any atom is 0.446 e. The van der Waals surface area contributed by atoms with Crippen LogP contribution in [0.15, 0.2) is 35.4 Å². The lowest BCUT2D eigenvalue weighted by molar-refractivity contribution is -0.0328. The highest BCUT2D eigenvalue weighted by Crippen LogP contribution is 2.37. The van der Waals surface area contributed by atoms with Crippen LogP contribution in [0.2, 0.25) is 0 Å². The predicted octanol–water partition coefficient (Wildman–Crippen LogP) is 4.92. The molecule has 1 aromatic carbocycles. The van der Waals surface area contributed by atoms with Crippen LogP contribution in [0.4, 0.5) is 13.2 Å². The van der Waals surface area contributed by atoms with Crippen LogP contribution < -0.4 is 5.32 Å². The molecular formula is C14H15F3N2S2. The zero-order chi connectivity index (χ0) is 15.3. The van der Waals surface area contributed by atoms with Gasteiger partial charge in [0.25, 0.3) is 0 Å². The molecule has 0 saturated carbocycles. The number of aromatic nitrogens is 1. The van der Waals surface area contributed by atoms with Crippen molar-refractivity contribution < 1.29 is 13.2 Å². The summed E-state index contributed by atoms with van der Waals surface area (Å²) in [6.45, 7) is 3.83. The first kappa shape index (κ1) is 16.3. The molecule has 0 bridgehead atoms. The van der Waals surface area contributed by atoms with Crippen LogP contribution in [-0.2, 0) is 6.54 Å². The van der Waals surface area contributed by atoms with E-state index in [2.05, 4.69) is 17.2 Å². The second-order valence-electron chi connectivity index (χ2n) is 4.38. The SMILES string of the molecule is CCCNCc1cnc(-c2ccc(SC(F)(F)F)cc2)s1. The first-order valence-corrected chi connectivity index (χ1v) is 8.13. The van der Waals surface area contributed by atoms with Crippen LogP contribution in [0.1, 0.15) is 18.2 Å².